The topological polar surface area (TPSA) is 65.7 Å². The number of pyridine rings is 1. The van der Waals surface area contributed by atoms with Crippen molar-refractivity contribution >= 4 is 22.3 Å². The molecule has 5 aromatic carbocycles. The van der Waals surface area contributed by atoms with Gasteiger partial charge in [-0.1, -0.05) is 97.1 Å². The summed E-state index contributed by atoms with van der Waals surface area (Å²) in [6, 6.07) is 41.4. The summed E-state index contributed by atoms with van der Waals surface area (Å²) < 4.78 is 0. The van der Waals surface area contributed by atoms with Crippen LogP contribution in [-0.2, 0) is 21.1 Å². The van der Waals surface area contributed by atoms with Crippen LogP contribution in [0.2, 0.25) is 0 Å². The smallest absolute Gasteiger partial charge is 0.124 e. The summed E-state index contributed by atoms with van der Waals surface area (Å²) in [4.78, 5) is 10.3. The van der Waals surface area contributed by atoms with Gasteiger partial charge in [-0.05, 0) is 52.6 Å². The van der Waals surface area contributed by atoms with E-state index in [4.69, 9.17) is 9.98 Å². The molecule has 0 saturated carbocycles. The maximum absolute atomic E-state index is 10.8. The number of phenolic OH excluding ortho intramolecular Hbond substituents is 2. The zero-order valence-corrected chi connectivity index (χ0v) is 23.6. The van der Waals surface area contributed by atoms with E-state index in [1.54, 1.807) is 12.1 Å². The van der Waals surface area contributed by atoms with Crippen LogP contribution in [0.4, 0.5) is 5.69 Å². The number of rotatable bonds is 4. The van der Waals surface area contributed by atoms with Crippen molar-refractivity contribution in [3.8, 4) is 33.9 Å². The number of nitrogens with zero attached hydrogens (tertiary/aromatic N) is 2. The molecule has 2 heterocycles. The van der Waals surface area contributed by atoms with E-state index in [2.05, 4.69) is 36.4 Å². The van der Waals surface area contributed by atoms with Crippen molar-refractivity contribution in [3.05, 3.63) is 144 Å². The van der Waals surface area contributed by atoms with Gasteiger partial charge >= 0.3 is 0 Å². The second kappa shape index (κ2) is 10.6. The third kappa shape index (κ3) is 4.31. The van der Waals surface area contributed by atoms with Gasteiger partial charge < -0.3 is 10.2 Å². The van der Waals surface area contributed by atoms with Crippen molar-refractivity contribution in [2.24, 2.45) is 4.99 Å². The summed E-state index contributed by atoms with van der Waals surface area (Å²) in [6.45, 7) is 0. The molecule has 1 aliphatic rings. The summed E-state index contributed by atoms with van der Waals surface area (Å²) in [5, 5.41) is 22.5. The molecule has 1 unspecified atom stereocenters. The molecule has 7 rings (SSSR count). The van der Waals surface area contributed by atoms with Crippen molar-refractivity contribution in [2.75, 3.05) is 0 Å². The maximum Gasteiger partial charge on any atom is 0.124 e. The van der Waals surface area contributed by atoms with Crippen LogP contribution < -0.4 is 0 Å². The first-order valence-electron chi connectivity index (χ1n) is 12.9. The van der Waals surface area contributed by atoms with Crippen molar-refractivity contribution in [2.45, 2.75) is 5.92 Å². The van der Waals surface area contributed by atoms with E-state index >= 15 is 0 Å². The zero-order valence-electron chi connectivity index (χ0n) is 21.3. The van der Waals surface area contributed by atoms with E-state index in [0.29, 0.717) is 16.8 Å². The second-order valence-electron chi connectivity index (χ2n) is 9.70. The van der Waals surface area contributed by atoms with E-state index in [1.807, 2.05) is 78.9 Å². The molecule has 6 aromatic rings. The van der Waals surface area contributed by atoms with Crippen molar-refractivity contribution < 1.29 is 31.3 Å². The Kier molecular flexibility index (Phi) is 6.79. The zero-order chi connectivity index (χ0) is 26.3. The van der Waals surface area contributed by atoms with Crippen LogP contribution in [0.1, 0.15) is 22.6 Å². The molecule has 0 spiro atoms. The fraction of sp³-hybridized carbons (Fsp3) is 0.0286. The molecule has 1 aliphatic heterocycles. The van der Waals surface area contributed by atoms with E-state index < -0.39 is 0 Å². The van der Waals surface area contributed by atoms with Crippen LogP contribution in [-0.4, -0.2) is 20.9 Å². The molecule has 1 atom stereocenters. The van der Waals surface area contributed by atoms with Gasteiger partial charge in [-0.3, -0.25) is 0 Å². The number of benzene rings is 5. The number of fused-ring (bicyclic) bond motifs is 3. The summed E-state index contributed by atoms with van der Waals surface area (Å²) in [5.74, 6) is 0.216. The van der Waals surface area contributed by atoms with Crippen molar-refractivity contribution in [3.63, 3.8) is 0 Å². The molecule has 2 N–H and O–H groups in total. The van der Waals surface area contributed by atoms with Crippen LogP contribution in [0.3, 0.4) is 0 Å². The molecule has 0 fully saturated rings. The quantitative estimate of drug-likeness (QED) is 0.195. The Morgan fingerprint density at radius 3 is 1.85 bits per heavy atom. The third-order valence-corrected chi connectivity index (χ3v) is 7.38. The number of phenols is 2. The largest absolute Gasteiger partial charge is 0.507 e. The minimum Gasteiger partial charge on any atom is -0.507 e. The number of hydrogen-bond donors (Lipinski definition) is 2. The summed E-state index contributed by atoms with van der Waals surface area (Å²) in [6.07, 6.45) is 0. The molecular formula is C35H24N2O2Pt. The molecule has 0 saturated heterocycles. The van der Waals surface area contributed by atoms with Crippen LogP contribution >= 0.6 is 0 Å². The van der Waals surface area contributed by atoms with Gasteiger partial charge in [0.15, 0.2) is 0 Å². The Labute approximate surface area is 246 Å². The number of hydrogen-bond acceptors (Lipinski definition) is 4. The summed E-state index contributed by atoms with van der Waals surface area (Å²) >= 11 is 0. The van der Waals surface area contributed by atoms with Gasteiger partial charge in [0.05, 0.1) is 28.5 Å². The first kappa shape index (κ1) is 25.7. The Hall–Kier alpha value is -4.53. The minimum atomic E-state index is -0.158. The van der Waals surface area contributed by atoms with E-state index in [9.17, 15) is 10.2 Å². The minimum absolute atomic E-state index is 0. The molecule has 196 valence electrons. The fourth-order valence-corrected chi connectivity index (χ4v) is 5.55. The van der Waals surface area contributed by atoms with Gasteiger partial charge in [-0.2, -0.15) is 0 Å². The SMILES string of the molecule is Oc1ccccc1C1=Nc2c(ccc3c(-c4ccccc4)cc(-c4ccccc4O)nc23)C1c1ccccc1.[Pt]. The van der Waals surface area contributed by atoms with Crippen LogP contribution in [0, 0.1) is 0 Å². The maximum atomic E-state index is 10.8. The predicted molar refractivity (Wildman–Crippen MR) is 157 cm³/mol. The number of aliphatic imine (C=N–C) groups is 1. The Bertz CT molecular complexity index is 1890. The average molecular weight is 700 g/mol. The fourth-order valence-electron chi connectivity index (χ4n) is 5.55. The monoisotopic (exact) mass is 699 g/mol. The summed E-state index contributed by atoms with van der Waals surface area (Å²) in [5.41, 5.74) is 8.59. The Morgan fingerprint density at radius 1 is 0.575 bits per heavy atom. The standard InChI is InChI=1S/C35H24N2O2.Pt/c38-30-17-9-7-15-25(30)29-21-28(22-11-3-1-4-12-22)24-19-20-27-32(23-13-5-2-6-14-23)33(37-35(27)34(24)36-29)26-16-8-10-18-31(26)39;/h1-21,32,38-39H;. The molecule has 4 nitrogen and oxygen atoms in total. The normalized spacial score (nSPS) is 13.9. The molecule has 0 aliphatic carbocycles. The van der Waals surface area contributed by atoms with Gasteiger partial charge in [0.2, 0.25) is 0 Å². The van der Waals surface area contributed by atoms with Crippen molar-refractivity contribution in [1.29, 1.82) is 0 Å². The van der Waals surface area contributed by atoms with Crippen LogP contribution in [0.25, 0.3) is 33.3 Å². The second-order valence-corrected chi connectivity index (χ2v) is 9.70. The van der Waals surface area contributed by atoms with Gasteiger partial charge in [0.1, 0.15) is 11.5 Å². The van der Waals surface area contributed by atoms with Crippen LogP contribution in [0.15, 0.2) is 132 Å². The molecule has 5 heteroatoms. The summed E-state index contributed by atoms with van der Waals surface area (Å²) in [7, 11) is 0. The van der Waals surface area contributed by atoms with E-state index in [1.165, 1.54) is 0 Å². The average Bonchev–Trinajstić information content (AvgIpc) is 3.38. The Morgan fingerprint density at radius 2 is 1.18 bits per heavy atom. The molecule has 1 aromatic heterocycles. The molecule has 0 bridgehead atoms. The molecule has 0 radical (unpaired) electrons. The number of aromatic hydroxyl groups is 2. The van der Waals surface area contributed by atoms with Crippen molar-refractivity contribution in [1.82, 2.24) is 4.98 Å². The first-order valence-corrected chi connectivity index (χ1v) is 12.9. The Balaban J connectivity index is 0.00000289. The number of para-hydroxylation sites is 2. The van der Waals surface area contributed by atoms with Gasteiger partial charge in [0.25, 0.3) is 0 Å². The van der Waals surface area contributed by atoms with Gasteiger partial charge in [-0.25, -0.2) is 9.98 Å². The van der Waals surface area contributed by atoms with Gasteiger partial charge in [0, 0.05) is 37.6 Å². The van der Waals surface area contributed by atoms with E-state index in [-0.39, 0.29) is 38.5 Å². The third-order valence-electron chi connectivity index (χ3n) is 7.38. The molecule has 40 heavy (non-hydrogen) atoms. The van der Waals surface area contributed by atoms with Gasteiger partial charge in [-0.15, -0.1) is 0 Å². The molecular weight excluding hydrogens is 675 g/mol. The van der Waals surface area contributed by atoms with Crippen LogP contribution in [0.5, 0.6) is 11.5 Å². The number of aromatic nitrogens is 1. The molecule has 0 amide bonds. The predicted octanol–water partition coefficient (Wildman–Crippen LogP) is 8.24. The van der Waals surface area contributed by atoms with E-state index in [0.717, 1.165) is 44.6 Å². The first-order chi connectivity index (χ1) is 19.2.